The summed E-state index contributed by atoms with van der Waals surface area (Å²) in [4.78, 5) is 15.8. The topological polar surface area (TPSA) is 73.0 Å². The Labute approximate surface area is 136 Å². The smallest absolute Gasteiger partial charge is 0.229 e. The molecule has 2 heterocycles. The fraction of sp³-hybridized carbons (Fsp3) is 0.588. The lowest BCUT2D eigenvalue weighted by Gasteiger charge is -2.27. The first-order valence-corrected chi connectivity index (χ1v) is 8.21. The van der Waals surface area contributed by atoms with Gasteiger partial charge in [-0.05, 0) is 51.7 Å². The Balaban J connectivity index is 1.64. The zero-order valence-electron chi connectivity index (χ0n) is 14.0. The molecule has 2 aromatic heterocycles. The van der Waals surface area contributed by atoms with Crippen LogP contribution in [0.5, 0.6) is 0 Å². The number of carbonyl (C=O) groups excluding carboxylic acids is 1. The molecule has 0 spiro atoms. The first kappa shape index (κ1) is 15.8. The van der Waals surface area contributed by atoms with Crippen molar-refractivity contribution in [1.82, 2.24) is 20.0 Å². The molecule has 0 bridgehead atoms. The quantitative estimate of drug-likeness (QED) is 0.940. The van der Waals surface area contributed by atoms with Crippen LogP contribution < -0.4 is 5.32 Å². The van der Waals surface area contributed by atoms with E-state index < -0.39 is 5.54 Å². The second-order valence-corrected chi connectivity index (χ2v) is 6.90. The fourth-order valence-corrected chi connectivity index (χ4v) is 3.36. The lowest BCUT2D eigenvalue weighted by Crippen LogP contribution is -2.40. The largest absolute Gasteiger partial charge is 0.351 e. The van der Waals surface area contributed by atoms with Gasteiger partial charge in [0.15, 0.2) is 5.82 Å². The van der Waals surface area contributed by atoms with Gasteiger partial charge in [0, 0.05) is 31.3 Å². The van der Waals surface area contributed by atoms with Crippen molar-refractivity contribution in [3.05, 3.63) is 36.2 Å². The number of rotatable bonds is 4. The van der Waals surface area contributed by atoms with Crippen molar-refractivity contribution >= 4 is 5.91 Å². The van der Waals surface area contributed by atoms with E-state index >= 15 is 0 Å². The molecule has 2 aromatic rings. The van der Waals surface area contributed by atoms with Crippen LogP contribution in [0, 0.1) is 0 Å². The molecule has 124 valence electrons. The maximum Gasteiger partial charge on any atom is 0.229 e. The molecule has 0 saturated heterocycles. The molecule has 1 aliphatic carbocycles. The number of aromatic nitrogens is 3. The van der Waals surface area contributed by atoms with Gasteiger partial charge >= 0.3 is 0 Å². The molecule has 23 heavy (non-hydrogen) atoms. The highest BCUT2D eigenvalue weighted by molar-refractivity contribution is 5.73. The van der Waals surface area contributed by atoms with Crippen LogP contribution in [0.3, 0.4) is 0 Å². The average Bonchev–Trinajstić information content (AvgIpc) is 3.18. The van der Waals surface area contributed by atoms with E-state index in [4.69, 9.17) is 4.52 Å². The Morgan fingerprint density at radius 3 is 2.52 bits per heavy atom. The molecule has 6 nitrogen and oxygen atoms in total. The summed E-state index contributed by atoms with van der Waals surface area (Å²) in [6, 6.07) is 4.71. The summed E-state index contributed by atoms with van der Waals surface area (Å²) in [5.74, 6) is 1.45. The zero-order valence-corrected chi connectivity index (χ0v) is 14.0. The summed E-state index contributed by atoms with van der Waals surface area (Å²) in [6.45, 7) is 5.25. The minimum atomic E-state index is -0.615. The van der Waals surface area contributed by atoms with E-state index in [0.717, 1.165) is 25.7 Å². The van der Waals surface area contributed by atoms with Crippen molar-refractivity contribution in [1.29, 1.82) is 0 Å². The van der Waals surface area contributed by atoms with Crippen molar-refractivity contribution in [2.24, 2.45) is 0 Å². The Kier molecular flexibility index (Phi) is 4.24. The van der Waals surface area contributed by atoms with Crippen molar-refractivity contribution < 1.29 is 9.32 Å². The average molecular weight is 316 g/mol. The monoisotopic (exact) mass is 316 g/mol. The Morgan fingerprint density at radius 2 is 1.91 bits per heavy atom. The standard InChI is InChI=1S/C17H24N4O2/c1-12(22)19-17(2,3)16-18-15(23-20-16)13-6-8-14(9-7-13)21-10-4-5-11-21/h4-5,10-11,13-14H,6-9H2,1-3H3,(H,19,22). The molecule has 0 atom stereocenters. The molecule has 0 aliphatic heterocycles. The molecule has 3 rings (SSSR count). The minimum Gasteiger partial charge on any atom is -0.351 e. The predicted molar refractivity (Wildman–Crippen MR) is 85.8 cm³/mol. The molecule has 1 aliphatic rings. The van der Waals surface area contributed by atoms with Gasteiger partial charge in [0.25, 0.3) is 0 Å². The van der Waals surface area contributed by atoms with Crippen LogP contribution in [0.4, 0.5) is 0 Å². The lowest BCUT2D eigenvalue weighted by atomic mass is 9.86. The molecule has 0 aromatic carbocycles. The summed E-state index contributed by atoms with van der Waals surface area (Å²) in [7, 11) is 0. The van der Waals surface area contributed by atoms with Crippen LogP contribution in [0.15, 0.2) is 29.0 Å². The molecule has 6 heteroatoms. The highest BCUT2D eigenvalue weighted by Crippen LogP contribution is 2.37. The highest BCUT2D eigenvalue weighted by Gasteiger charge is 2.31. The van der Waals surface area contributed by atoms with E-state index in [1.807, 2.05) is 13.8 Å². The predicted octanol–water partition coefficient (Wildman–Crippen LogP) is 3.14. The second-order valence-electron chi connectivity index (χ2n) is 6.90. The maximum absolute atomic E-state index is 11.3. The Bertz CT molecular complexity index is 652. The number of nitrogens with one attached hydrogen (secondary N) is 1. The molecular weight excluding hydrogens is 292 g/mol. The summed E-state index contributed by atoms with van der Waals surface area (Å²) < 4.78 is 7.77. The highest BCUT2D eigenvalue weighted by atomic mass is 16.5. The summed E-state index contributed by atoms with van der Waals surface area (Å²) >= 11 is 0. The molecule has 0 unspecified atom stereocenters. The summed E-state index contributed by atoms with van der Waals surface area (Å²) in [5.41, 5.74) is -0.615. The normalized spacial score (nSPS) is 22.0. The Morgan fingerprint density at radius 1 is 1.26 bits per heavy atom. The first-order chi connectivity index (χ1) is 11.0. The van der Waals surface area contributed by atoms with Gasteiger partial charge in [0.1, 0.15) is 0 Å². The third-order valence-corrected chi connectivity index (χ3v) is 4.58. The van der Waals surface area contributed by atoms with E-state index in [1.54, 1.807) is 0 Å². The zero-order chi connectivity index (χ0) is 16.4. The van der Waals surface area contributed by atoms with Gasteiger partial charge in [-0.1, -0.05) is 5.16 Å². The number of nitrogens with zero attached hydrogens (tertiary/aromatic N) is 3. The van der Waals surface area contributed by atoms with Crippen LogP contribution in [0.1, 0.15) is 70.1 Å². The number of carbonyl (C=O) groups is 1. The van der Waals surface area contributed by atoms with Crippen LogP contribution in [-0.2, 0) is 10.3 Å². The third-order valence-electron chi connectivity index (χ3n) is 4.58. The fourth-order valence-electron chi connectivity index (χ4n) is 3.36. The van der Waals surface area contributed by atoms with Gasteiger partial charge in [0.2, 0.25) is 11.8 Å². The number of hydrogen-bond donors (Lipinski definition) is 1. The lowest BCUT2D eigenvalue weighted by molar-refractivity contribution is -0.120. The van der Waals surface area contributed by atoms with E-state index in [-0.39, 0.29) is 5.91 Å². The van der Waals surface area contributed by atoms with E-state index in [1.165, 1.54) is 6.92 Å². The maximum atomic E-state index is 11.3. The van der Waals surface area contributed by atoms with Gasteiger partial charge in [-0.15, -0.1) is 0 Å². The van der Waals surface area contributed by atoms with Gasteiger partial charge in [-0.3, -0.25) is 4.79 Å². The third kappa shape index (κ3) is 3.46. The number of amides is 1. The van der Waals surface area contributed by atoms with E-state index in [0.29, 0.717) is 23.7 Å². The molecule has 0 radical (unpaired) electrons. The molecule has 1 N–H and O–H groups in total. The molecule has 1 amide bonds. The molecular formula is C17H24N4O2. The number of hydrogen-bond acceptors (Lipinski definition) is 4. The van der Waals surface area contributed by atoms with Crippen molar-refractivity contribution in [3.8, 4) is 0 Å². The Hall–Kier alpha value is -2.11. The molecule has 1 fully saturated rings. The summed E-state index contributed by atoms with van der Waals surface area (Å²) in [6.07, 6.45) is 8.59. The first-order valence-electron chi connectivity index (χ1n) is 8.21. The summed E-state index contributed by atoms with van der Waals surface area (Å²) in [5, 5.41) is 6.93. The SMILES string of the molecule is CC(=O)NC(C)(C)c1noc(C2CCC(n3cccc3)CC2)n1. The van der Waals surface area contributed by atoms with Gasteiger partial charge in [-0.2, -0.15) is 4.98 Å². The van der Waals surface area contributed by atoms with Gasteiger partial charge < -0.3 is 14.4 Å². The van der Waals surface area contributed by atoms with Crippen LogP contribution >= 0.6 is 0 Å². The van der Waals surface area contributed by atoms with Crippen molar-refractivity contribution in [2.75, 3.05) is 0 Å². The van der Waals surface area contributed by atoms with Gasteiger partial charge in [0.05, 0.1) is 5.54 Å². The van der Waals surface area contributed by atoms with E-state index in [2.05, 4.69) is 44.6 Å². The van der Waals surface area contributed by atoms with Crippen molar-refractivity contribution in [2.45, 2.75) is 64.0 Å². The van der Waals surface area contributed by atoms with E-state index in [9.17, 15) is 4.79 Å². The molecule has 1 saturated carbocycles. The van der Waals surface area contributed by atoms with Crippen LogP contribution in [0.25, 0.3) is 0 Å². The van der Waals surface area contributed by atoms with Crippen LogP contribution in [-0.4, -0.2) is 20.6 Å². The minimum absolute atomic E-state index is 0.103. The second kappa shape index (κ2) is 6.18. The van der Waals surface area contributed by atoms with Crippen molar-refractivity contribution in [3.63, 3.8) is 0 Å². The van der Waals surface area contributed by atoms with Gasteiger partial charge in [-0.25, -0.2) is 0 Å². The van der Waals surface area contributed by atoms with Crippen LogP contribution in [0.2, 0.25) is 0 Å².